The first-order valence-electron chi connectivity index (χ1n) is 16.3. The fourth-order valence-corrected chi connectivity index (χ4v) is 9.13. The number of phenols is 1. The first-order valence-corrected chi connectivity index (χ1v) is 16.7. The molecular weight excluding hydrogens is 656 g/mol. The van der Waals surface area contributed by atoms with E-state index in [1.165, 1.54) is 36.4 Å². The molecule has 2 amide bonds. The molecule has 4 aromatic carbocycles. The molecule has 1 saturated carbocycles. The molecule has 6 unspecified atom stereocenters. The first-order chi connectivity index (χ1) is 24.1. The number of allylic oxidation sites excluding steroid dienone is 4. The van der Waals surface area contributed by atoms with E-state index >= 15 is 4.79 Å². The third kappa shape index (κ3) is 4.53. The number of fused-ring (bicyclic) bond motifs is 4. The normalized spacial score (nSPS) is 27.2. The average Bonchev–Trinajstić information content (AvgIpc) is 3.39. The van der Waals surface area contributed by atoms with Gasteiger partial charge in [-0.1, -0.05) is 83.9 Å². The third-order valence-corrected chi connectivity index (χ3v) is 11.2. The van der Waals surface area contributed by atoms with Crippen LogP contribution in [0.2, 0.25) is 5.02 Å². The Kier molecular flexibility index (Phi) is 7.42. The zero-order chi connectivity index (χ0) is 34.9. The van der Waals surface area contributed by atoms with Crippen molar-refractivity contribution < 1.29 is 29.2 Å². The van der Waals surface area contributed by atoms with Crippen LogP contribution in [-0.2, 0) is 24.6 Å². The fourth-order valence-electron chi connectivity index (χ4n) is 8.95. The molecule has 1 N–H and O–H groups in total. The molecule has 10 heteroatoms. The number of nitro groups is 1. The van der Waals surface area contributed by atoms with E-state index in [1.807, 2.05) is 42.5 Å². The van der Waals surface area contributed by atoms with Crippen LogP contribution in [0.5, 0.6) is 5.75 Å². The highest BCUT2D eigenvalue weighted by Gasteiger charge is 2.66. The van der Waals surface area contributed by atoms with Crippen molar-refractivity contribution in [1.29, 1.82) is 0 Å². The summed E-state index contributed by atoms with van der Waals surface area (Å²) in [6.45, 7) is 0. The Bertz CT molecular complexity index is 2180. The number of hydrogen-bond donors (Lipinski definition) is 1. The van der Waals surface area contributed by atoms with Crippen molar-refractivity contribution >= 4 is 51.9 Å². The number of ketones is 2. The molecule has 1 heterocycles. The van der Waals surface area contributed by atoms with Crippen molar-refractivity contribution in [3.8, 4) is 5.75 Å². The number of Topliss-reactive ketones (excluding diaryl/α,β-unsaturated/α-hetero) is 1. The quantitative estimate of drug-likeness (QED) is 0.104. The number of non-ortho nitro benzene ring substituents is 1. The van der Waals surface area contributed by atoms with Gasteiger partial charge in [0.1, 0.15) is 5.75 Å². The second-order valence-corrected chi connectivity index (χ2v) is 13.7. The lowest BCUT2D eigenvalue weighted by atomic mass is 9.44. The number of carbonyl (C=O) groups excluding carboxylic acids is 4. The number of hydrogen-bond acceptors (Lipinski definition) is 7. The van der Waals surface area contributed by atoms with Gasteiger partial charge >= 0.3 is 0 Å². The highest BCUT2D eigenvalue weighted by Crippen LogP contribution is 2.64. The molecule has 0 spiro atoms. The van der Waals surface area contributed by atoms with Crippen LogP contribution in [0.1, 0.15) is 35.4 Å². The highest BCUT2D eigenvalue weighted by atomic mass is 35.5. The van der Waals surface area contributed by atoms with Gasteiger partial charge in [0.25, 0.3) is 5.69 Å². The molecule has 2 fully saturated rings. The van der Waals surface area contributed by atoms with Crippen molar-refractivity contribution in [2.75, 3.05) is 4.90 Å². The second kappa shape index (κ2) is 11.7. The van der Waals surface area contributed by atoms with Gasteiger partial charge in [0.05, 0.1) is 27.9 Å². The predicted octanol–water partition coefficient (Wildman–Crippen LogP) is 6.98. The minimum Gasteiger partial charge on any atom is -0.508 e. The van der Waals surface area contributed by atoms with E-state index in [9.17, 15) is 29.6 Å². The number of anilines is 1. The third-order valence-electron chi connectivity index (χ3n) is 11.0. The zero-order valence-electron chi connectivity index (χ0n) is 26.4. The van der Waals surface area contributed by atoms with E-state index in [0.717, 1.165) is 4.90 Å². The molecule has 4 aliphatic rings. The molecular formula is C40H29ClN2O7. The number of aromatic hydroxyl groups is 1. The zero-order valence-corrected chi connectivity index (χ0v) is 27.2. The molecule has 0 radical (unpaired) electrons. The molecule has 4 aromatic rings. The van der Waals surface area contributed by atoms with Crippen LogP contribution in [0, 0.1) is 33.8 Å². The molecule has 8 rings (SSSR count). The molecule has 3 aliphatic carbocycles. The largest absolute Gasteiger partial charge is 0.508 e. The van der Waals surface area contributed by atoms with Gasteiger partial charge in [-0.2, -0.15) is 0 Å². The summed E-state index contributed by atoms with van der Waals surface area (Å²) < 4.78 is 0. The van der Waals surface area contributed by atoms with Gasteiger partial charge in [-0.3, -0.25) is 34.2 Å². The molecule has 248 valence electrons. The van der Waals surface area contributed by atoms with Crippen molar-refractivity contribution in [2.45, 2.75) is 24.2 Å². The Labute approximate surface area is 291 Å². The maximum Gasteiger partial charge on any atom is 0.269 e. The number of nitrogens with zero attached hydrogens (tertiary/aromatic N) is 2. The summed E-state index contributed by atoms with van der Waals surface area (Å²) in [6.07, 6.45) is 3.60. The Morgan fingerprint density at radius 3 is 2.20 bits per heavy atom. The average molecular weight is 685 g/mol. The molecule has 9 nitrogen and oxygen atoms in total. The highest BCUT2D eigenvalue weighted by molar-refractivity contribution is 6.32. The lowest BCUT2D eigenvalue weighted by Crippen LogP contribution is -2.58. The standard InChI is InChI=1S/C40H29ClN2O7/c41-24-11-18-33(44)31(19-24)36-27-16-17-28-35(39(48)42(38(28)47)25-12-14-26(15-13-25)43(49)50)30(27)20-32-37(46)29(22-7-3-1-4-8-22)21-34(45)40(32,36)23-9-5-2-6-10-23/h1-16,18-19,21,28,30,32,35-36,44H,17,20H2. The molecule has 0 bridgehead atoms. The van der Waals surface area contributed by atoms with Crippen LogP contribution < -0.4 is 4.90 Å². The summed E-state index contributed by atoms with van der Waals surface area (Å²) in [5.74, 6) is -5.74. The Morgan fingerprint density at radius 2 is 1.52 bits per heavy atom. The summed E-state index contributed by atoms with van der Waals surface area (Å²) >= 11 is 6.55. The van der Waals surface area contributed by atoms with Crippen molar-refractivity contribution in [2.24, 2.45) is 23.7 Å². The molecule has 50 heavy (non-hydrogen) atoms. The maximum absolute atomic E-state index is 15.0. The van der Waals surface area contributed by atoms with Crippen molar-refractivity contribution in [3.63, 3.8) is 0 Å². The van der Waals surface area contributed by atoms with Gasteiger partial charge in [-0.05, 0) is 66.3 Å². The minimum absolute atomic E-state index is 0.0988. The Morgan fingerprint density at radius 1 is 0.840 bits per heavy atom. The smallest absolute Gasteiger partial charge is 0.269 e. The molecule has 1 aliphatic heterocycles. The lowest BCUT2D eigenvalue weighted by Gasteiger charge is -2.55. The molecule has 1 saturated heterocycles. The number of amides is 2. The fraction of sp³-hybridized carbons (Fsp3) is 0.200. The maximum atomic E-state index is 15.0. The van der Waals surface area contributed by atoms with Gasteiger partial charge in [-0.15, -0.1) is 0 Å². The SMILES string of the molecule is O=C1C(c2ccccc2)=CC(=O)C2(c3ccccc3)C1CC1C(=CCC3C(=O)N(c4ccc([N+](=O)[O-])cc4)C(=O)C31)C2c1cc(Cl)ccc1O. The van der Waals surface area contributed by atoms with Crippen LogP contribution in [0.3, 0.4) is 0 Å². The van der Waals surface area contributed by atoms with E-state index in [1.54, 1.807) is 36.4 Å². The summed E-state index contributed by atoms with van der Waals surface area (Å²) in [6, 6.07) is 27.9. The van der Waals surface area contributed by atoms with E-state index < -0.39 is 51.7 Å². The topological polar surface area (TPSA) is 135 Å². The number of rotatable bonds is 5. The molecule has 0 aromatic heterocycles. The number of carbonyl (C=O) groups is 4. The van der Waals surface area contributed by atoms with E-state index in [2.05, 4.69) is 0 Å². The van der Waals surface area contributed by atoms with E-state index in [4.69, 9.17) is 11.6 Å². The van der Waals surface area contributed by atoms with Gasteiger partial charge in [0, 0.05) is 40.1 Å². The van der Waals surface area contributed by atoms with E-state index in [0.29, 0.717) is 27.3 Å². The Balaban J connectivity index is 1.34. The van der Waals surface area contributed by atoms with Gasteiger partial charge in [0.2, 0.25) is 11.8 Å². The predicted molar refractivity (Wildman–Crippen MR) is 185 cm³/mol. The van der Waals surface area contributed by atoms with Gasteiger partial charge in [-0.25, -0.2) is 0 Å². The van der Waals surface area contributed by atoms with Crippen LogP contribution in [0.4, 0.5) is 11.4 Å². The monoisotopic (exact) mass is 684 g/mol. The van der Waals surface area contributed by atoms with Crippen LogP contribution in [0.15, 0.2) is 121 Å². The number of phenolic OH excluding ortho intramolecular Hbond substituents is 1. The summed E-state index contributed by atoms with van der Waals surface area (Å²) in [5, 5.41) is 23.1. The van der Waals surface area contributed by atoms with Crippen molar-refractivity contribution in [3.05, 3.63) is 153 Å². The summed E-state index contributed by atoms with van der Waals surface area (Å²) in [5.41, 5.74) is 1.03. The van der Waals surface area contributed by atoms with Crippen LogP contribution >= 0.6 is 11.6 Å². The van der Waals surface area contributed by atoms with Gasteiger partial charge < -0.3 is 5.11 Å². The first kappa shape index (κ1) is 31.6. The number of benzene rings is 4. The van der Waals surface area contributed by atoms with Crippen LogP contribution in [0.25, 0.3) is 5.57 Å². The lowest BCUT2D eigenvalue weighted by molar-refractivity contribution is -0.384. The molecule has 6 atom stereocenters. The van der Waals surface area contributed by atoms with Crippen molar-refractivity contribution in [1.82, 2.24) is 0 Å². The summed E-state index contributed by atoms with van der Waals surface area (Å²) in [4.78, 5) is 70.2. The van der Waals surface area contributed by atoms with Gasteiger partial charge in [0.15, 0.2) is 11.6 Å². The number of halogens is 1. The number of imide groups is 1. The number of nitro benzene ring substituents is 1. The Hall–Kier alpha value is -5.67. The van der Waals surface area contributed by atoms with E-state index in [-0.39, 0.29) is 47.1 Å². The van der Waals surface area contributed by atoms with Crippen LogP contribution in [-0.4, -0.2) is 33.4 Å². The summed E-state index contributed by atoms with van der Waals surface area (Å²) in [7, 11) is 0. The second-order valence-electron chi connectivity index (χ2n) is 13.3. The minimum atomic E-state index is -1.50.